The van der Waals surface area contributed by atoms with Crippen LogP contribution in [0.4, 0.5) is 0 Å². The van der Waals surface area contributed by atoms with Crippen LogP contribution in [0.1, 0.15) is 25.8 Å². The Balaban J connectivity index is 2.01. The lowest BCUT2D eigenvalue weighted by Crippen LogP contribution is -2.32. The van der Waals surface area contributed by atoms with Crippen molar-refractivity contribution in [3.63, 3.8) is 0 Å². The largest absolute Gasteiger partial charge is 0.400 e. The minimum Gasteiger partial charge on any atom is -0.400 e. The maximum atomic E-state index is 12.6. The summed E-state index contributed by atoms with van der Waals surface area (Å²) in [5.41, 5.74) is 10.1. The molecule has 5 heteroatoms. The standard InChI is InChI=1S/C23H26ClN3O/c1-3-20(24)14-15-26-22(21(25)4-2)23(28)27-16-17-10-12-19(13-11-17)18-8-6-5-7-9-18/h3,5-15,26H,4,16,25H2,1-2H3,(H,27,28)/b15-14-,20-3+,22-21-. The van der Waals surface area contributed by atoms with Gasteiger partial charge in [-0.2, -0.15) is 0 Å². The average molecular weight is 396 g/mol. The number of nitrogens with two attached hydrogens (primary N) is 1. The number of amides is 1. The first kappa shape index (κ1) is 21.3. The van der Waals surface area contributed by atoms with E-state index in [1.807, 2.05) is 56.3 Å². The van der Waals surface area contributed by atoms with E-state index in [4.69, 9.17) is 17.3 Å². The topological polar surface area (TPSA) is 67.2 Å². The van der Waals surface area contributed by atoms with Gasteiger partial charge in [0.05, 0.1) is 0 Å². The van der Waals surface area contributed by atoms with Crippen LogP contribution >= 0.6 is 11.6 Å². The lowest BCUT2D eigenvalue weighted by molar-refractivity contribution is -0.118. The lowest BCUT2D eigenvalue weighted by atomic mass is 10.0. The third-order valence-electron chi connectivity index (χ3n) is 4.19. The van der Waals surface area contributed by atoms with Gasteiger partial charge in [0.2, 0.25) is 0 Å². The van der Waals surface area contributed by atoms with Gasteiger partial charge in [-0.15, -0.1) is 0 Å². The summed E-state index contributed by atoms with van der Waals surface area (Å²) in [6.07, 6.45) is 5.59. The van der Waals surface area contributed by atoms with E-state index in [2.05, 4.69) is 22.8 Å². The highest BCUT2D eigenvalue weighted by atomic mass is 35.5. The van der Waals surface area contributed by atoms with Crippen LogP contribution in [0.15, 0.2) is 89.4 Å². The first-order valence-electron chi connectivity index (χ1n) is 9.21. The molecule has 0 aliphatic heterocycles. The summed E-state index contributed by atoms with van der Waals surface area (Å²) in [4.78, 5) is 12.6. The Bertz CT molecular complexity index is 868. The van der Waals surface area contributed by atoms with Crippen LogP contribution in [0, 0.1) is 0 Å². The highest BCUT2D eigenvalue weighted by molar-refractivity contribution is 6.31. The molecule has 2 aromatic rings. The molecule has 0 saturated heterocycles. The van der Waals surface area contributed by atoms with Crippen molar-refractivity contribution in [2.45, 2.75) is 26.8 Å². The van der Waals surface area contributed by atoms with Crippen molar-refractivity contribution in [2.75, 3.05) is 0 Å². The Morgan fingerprint density at radius 2 is 1.71 bits per heavy atom. The first-order chi connectivity index (χ1) is 13.5. The molecule has 146 valence electrons. The van der Waals surface area contributed by atoms with Gasteiger partial charge in [-0.05, 0) is 36.1 Å². The lowest BCUT2D eigenvalue weighted by Gasteiger charge is -2.12. The fourth-order valence-electron chi connectivity index (χ4n) is 2.50. The van der Waals surface area contributed by atoms with Crippen molar-refractivity contribution in [3.8, 4) is 11.1 Å². The molecule has 0 radical (unpaired) electrons. The third kappa shape index (κ3) is 6.32. The Kier molecular flexibility index (Phi) is 8.37. The molecule has 0 heterocycles. The zero-order valence-electron chi connectivity index (χ0n) is 16.2. The van der Waals surface area contributed by atoms with Gasteiger partial charge < -0.3 is 16.4 Å². The minimum absolute atomic E-state index is 0.257. The smallest absolute Gasteiger partial charge is 0.269 e. The Morgan fingerprint density at radius 1 is 1.07 bits per heavy atom. The monoisotopic (exact) mass is 395 g/mol. The molecular formula is C23H26ClN3O. The quantitative estimate of drug-likeness (QED) is 0.444. The van der Waals surface area contributed by atoms with Gasteiger partial charge in [0.25, 0.3) is 5.91 Å². The van der Waals surface area contributed by atoms with Crippen molar-refractivity contribution in [2.24, 2.45) is 5.73 Å². The van der Waals surface area contributed by atoms with Crippen LogP contribution in [0.5, 0.6) is 0 Å². The van der Waals surface area contributed by atoms with Crippen molar-refractivity contribution in [1.29, 1.82) is 0 Å². The van der Waals surface area contributed by atoms with E-state index in [0.29, 0.717) is 29.4 Å². The number of hydrogen-bond acceptors (Lipinski definition) is 3. The summed E-state index contributed by atoms with van der Waals surface area (Å²) in [6, 6.07) is 18.3. The van der Waals surface area contributed by atoms with E-state index in [1.54, 1.807) is 18.4 Å². The fraction of sp³-hybridized carbons (Fsp3) is 0.174. The molecule has 2 aromatic carbocycles. The number of halogens is 1. The van der Waals surface area contributed by atoms with Crippen molar-refractivity contribution in [3.05, 3.63) is 94.9 Å². The Morgan fingerprint density at radius 3 is 2.32 bits per heavy atom. The molecule has 0 unspecified atom stereocenters. The number of allylic oxidation sites excluding steroid dienone is 4. The van der Waals surface area contributed by atoms with Crippen LogP contribution in [-0.4, -0.2) is 5.91 Å². The van der Waals surface area contributed by atoms with E-state index in [9.17, 15) is 4.79 Å². The molecule has 2 rings (SSSR count). The third-order valence-corrected chi connectivity index (χ3v) is 4.53. The second-order valence-electron chi connectivity index (χ2n) is 6.15. The molecule has 4 N–H and O–H groups in total. The van der Waals surface area contributed by atoms with Crippen LogP contribution in [0.2, 0.25) is 0 Å². The maximum Gasteiger partial charge on any atom is 0.269 e. The van der Waals surface area contributed by atoms with E-state index >= 15 is 0 Å². The molecule has 0 aliphatic rings. The average Bonchev–Trinajstić information content (AvgIpc) is 2.75. The van der Waals surface area contributed by atoms with Crippen LogP contribution in [0.25, 0.3) is 11.1 Å². The molecule has 0 fully saturated rings. The first-order valence-corrected chi connectivity index (χ1v) is 9.59. The van der Waals surface area contributed by atoms with Crippen LogP contribution < -0.4 is 16.4 Å². The SMILES string of the molecule is C/C=C(Cl)\C=C/N/C(C(=O)NCc1ccc(-c2ccccc2)cc1)=C(\N)CC. The molecule has 1 amide bonds. The zero-order valence-corrected chi connectivity index (χ0v) is 17.0. The molecular weight excluding hydrogens is 370 g/mol. The van der Waals surface area contributed by atoms with Crippen molar-refractivity contribution >= 4 is 17.5 Å². The van der Waals surface area contributed by atoms with Gasteiger partial charge in [0.15, 0.2) is 0 Å². The highest BCUT2D eigenvalue weighted by Gasteiger charge is 2.11. The molecule has 0 aliphatic carbocycles. The number of carbonyl (C=O) groups is 1. The summed E-state index contributed by atoms with van der Waals surface area (Å²) in [5.74, 6) is -0.257. The predicted octanol–water partition coefficient (Wildman–Crippen LogP) is 4.80. The normalized spacial score (nSPS) is 12.6. The maximum absolute atomic E-state index is 12.6. The van der Waals surface area contributed by atoms with E-state index < -0.39 is 0 Å². The molecule has 4 nitrogen and oxygen atoms in total. The summed E-state index contributed by atoms with van der Waals surface area (Å²) in [6.45, 7) is 4.14. The minimum atomic E-state index is -0.257. The van der Waals surface area contributed by atoms with E-state index in [1.165, 1.54) is 0 Å². The zero-order chi connectivity index (χ0) is 20.4. The van der Waals surface area contributed by atoms with E-state index in [0.717, 1.165) is 16.7 Å². The van der Waals surface area contributed by atoms with Crippen molar-refractivity contribution in [1.82, 2.24) is 10.6 Å². The van der Waals surface area contributed by atoms with Crippen LogP contribution in [0.3, 0.4) is 0 Å². The summed E-state index contributed by atoms with van der Waals surface area (Å²) in [7, 11) is 0. The number of benzene rings is 2. The molecule has 28 heavy (non-hydrogen) atoms. The summed E-state index contributed by atoms with van der Waals surface area (Å²) in [5, 5.41) is 6.41. The molecule has 0 atom stereocenters. The second kappa shape index (κ2) is 11.0. The highest BCUT2D eigenvalue weighted by Crippen LogP contribution is 2.19. The number of carbonyl (C=O) groups excluding carboxylic acids is 1. The van der Waals surface area contributed by atoms with Gasteiger partial charge >= 0.3 is 0 Å². The van der Waals surface area contributed by atoms with Crippen LogP contribution in [-0.2, 0) is 11.3 Å². The Labute approximate surface area is 171 Å². The summed E-state index contributed by atoms with van der Waals surface area (Å²) < 4.78 is 0. The fourth-order valence-corrected chi connectivity index (χ4v) is 2.56. The molecule has 0 saturated carbocycles. The summed E-state index contributed by atoms with van der Waals surface area (Å²) >= 11 is 5.93. The predicted molar refractivity (Wildman–Crippen MR) is 117 cm³/mol. The van der Waals surface area contributed by atoms with E-state index in [-0.39, 0.29) is 5.91 Å². The molecule has 0 aromatic heterocycles. The number of rotatable bonds is 8. The van der Waals surface area contributed by atoms with Gasteiger partial charge in [-0.3, -0.25) is 4.79 Å². The van der Waals surface area contributed by atoms with Gasteiger partial charge in [-0.25, -0.2) is 0 Å². The van der Waals surface area contributed by atoms with Crippen molar-refractivity contribution < 1.29 is 4.79 Å². The van der Waals surface area contributed by atoms with Gasteiger partial charge in [-0.1, -0.05) is 79.2 Å². The molecule has 0 spiro atoms. The molecule has 0 bridgehead atoms. The Hall–Kier alpha value is -2.98. The van der Waals surface area contributed by atoms with Gasteiger partial charge in [0, 0.05) is 23.5 Å². The second-order valence-corrected chi connectivity index (χ2v) is 6.59. The number of nitrogens with one attached hydrogen (secondary N) is 2. The van der Waals surface area contributed by atoms with Gasteiger partial charge in [0.1, 0.15) is 5.70 Å². The number of hydrogen-bond donors (Lipinski definition) is 3.